The second-order valence-corrected chi connectivity index (χ2v) is 6.07. The number of hydrogen-bond donors (Lipinski definition) is 1. The molecule has 3 aromatic rings. The monoisotopic (exact) mass is 347 g/mol. The predicted molar refractivity (Wildman–Crippen MR) is 100 cm³/mol. The Labute approximate surface area is 148 Å². The number of nitrogens with zero attached hydrogens (tertiary/aromatic N) is 4. The highest BCUT2D eigenvalue weighted by Crippen LogP contribution is 2.22. The number of para-hydroxylation sites is 1. The molecule has 1 aromatic heterocycles. The van der Waals surface area contributed by atoms with E-state index in [0.717, 1.165) is 5.56 Å². The molecule has 2 aromatic carbocycles. The Hall–Kier alpha value is -3.32. The molecule has 0 fully saturated rings. The Morgan fingerprint density at radius 2 is 1.72 bits per heavy atom. The minimum Gasteiger partial charge on any atom is -0.265 e. The van der Waals surface area contributed by atoms with Crippen molar-refractivity contribution in [3.63, 3.8) is 0 Å². The molecule has 6 nitrogen and oxygen atoms in total. The van der Waals surface area contributed by atoms with Gasteiger partial charge in [0.2, 0.25) is 5.13 Å². The molecule has 0 spiro atoms. The number of amides is 1. The highest BCUT2D eigenvalue weighted by atomic mass is 32.1. The van der Waals surface area contributed by atoms with Gasteiger partial charge in [0.15, 0.2) is 5.71 Å². The molecule has 0 saturated heterocycles. The third-order valence-electron chi connectivity index (χ3n) is 3.56. The van der Waals surface area contributed by atoms with E-state index in [1.54, 1.807) is 6.20 Å². The van der Waals surface area contributed by atoms with Gasteiger partial charge in [-0.1, -0.05) is 48.5 Å². The molecule has 122 valence electrons. The van der Waals surface area contributed by atoms with E-state index in [1.165, 1.54) is 16.3 Å². The topological polar surface area (TPSA) is 70.0 Å². The van der Waals surface area contributed by atoms with Crippen molar-refractivity contribution in [1.29, 1.82) is 0 Å². The number of anilines is 2. The van der Waals surface area contributed by atoms with E-state index in [0.29, 0.717) is 16.5 Å². The number of thiazole rings is 1. The average molecular weight is 347 g/mol. The summed E-state index contributed by atoms with van der Waals surface area (Å²) in [5.41, 5.74) is 5.14. The molecule has 0 saturated carbocycles. The van der Waals surface area contributed by atoms with Crippen LogP contribution in [0.2, 0.25) is 0 Å². The van der Waals surface area contributed by atoms with Crippen molar-refractivity contribution >= 4 is 39.5 Å². The lowest BCUT2D eigenvalue weighted by atomic mass is 10.1. The number of hydrogen-bond acceptors (Lipinski definition) is 6. The summed E-state index contributed by atoms with van der Waals surface area (Å²) in [7, 11) is 0. The molecule has 1 amide bonds. The van der Waals surface area contributed by atoms with Crippen LogP contribution in [0.25, 0.3) is 0 Å². The molecule has 0 radical (unpaired) electrons. The Kier molecular flexibility index (Phi) is 4.05. The molecule has 1 aliphatic heterocycles. The van der Waals surface area contributed by atoms with Gasteiger partial charge in [0.1, 0.15) is 5.71 Å². The summed E-state index contributed by atoms with van der Waals surface area (Å²) in [6, 6.07) is 18.8. The van der Waals surface area contributed by atoms with Gasteiger partial charge in [-0.3, -0.25) is 10.2 Å². The zero-order valence-electron chi connectivity index (χ0n) is 13.0. The van der Waals surface area contributed by atoms with E-state index in [4.69, 9.17) is 0 Å². The van der Waals surface area contributed by atoms with Gasteiger partial charge in [-0.25, -0.2) is 4.98 Å². The van der Waals surface area contributed by atoms with Crippen LogP contribution in [0.4, 0.5) is 10.8 Å². The third-order valence-corrected chi connectivity index (χ3v) is 4.24. The minimum atomic E-state index is -0.283. The first kappa shape index (κ1) is 15.2. The van der Waals surface area contributed by atoms with Crippen LogP contribution in [-0.2, 0) is 4.79 Å². The van der Waals surface area contributed by atoms with Crippen LogP contribution in [0.15, 0.2) is 82.4 Å². The SMILES string of the molecule is O=C1/C(=N\Nc2nccs2)C(c2ccccc2)=NN1c1ccccc1. The first-order valence-electron chi connectivity index (χ1n) is 7.60. The van der Waals surface area contributed by atoms with E-state index in [2.05, 4.69) is 20.6 Å². The summed E-state index contributed by atoms with van der Waals surface area (Å²) < 4.78 is 0. The summed E-state index contributed by atoms with van der Waals surface area (Å²) in [5.74, 6) is -0.283. The van der Waals surface area contributed by atoms with Crippen LogP contribution < -0.4 is 10.4 Å². The lowest BCUT2D eigenvalue weighted by Gasteiger charge is -2.10. The number of hydrazone groups is 2. The maximum Gasteiger partial charge on any atom is 0.301 e. The Bertz CT molecular complexity index is 936. The molecule has 25 heavy (non-hydrogen) atoms. The fraction of sp³-hybridized carbons (Fsp3) is 0. The normalized spacial score (nSPS) is 15.5. The summed E-state index contributed by atoms with van der Waals surface area (Å²) in [6.07, 6.45) is 1.67. The van der Waals surface area contributed by atoms with Gasteiger partial charge in [0, 0.05) is 17.1 Å². The fourth-order valence-electron chi connectivity index (χ4n) is 2.41. The highest BCUT2D eigenvalue weighted by Gasteiger charge is 2.34. The molecule has 2 heterocycles. The number of carbonyl (C=O) groups excluding carboxylic acids is 1. The van der Waals surface area contributed by atoms with Gasteiger partial charge in [0.25, 0.3) is 0 Å². The molecular weight excluding hydrogens is 334 g/mol. The number of rotatable bonds is 4. The second kappa shape index (κ2) is 6.66. The fourth-order valence-corrected chi connectivity index (χ4v) is 2.88. The van der Waals surface area contributed by atoms with Crippen molar-refractivity contribution in [2.24, 2.45) is 10.2 Å². The van der Waals surface area contributed by atoms with Gasteiger partial charge < -0.3 is 0 Å². The molecule has 1 N–H and O–H groups in total. The van der Waals surface area contributed by atoms with Crippen molar-refractivity contribution in [3.8, 4) is 0 Å². The first-order valence-corrected chi connectivity index (χ1v) is 8.48. The standard InChI is InChI=1S/C18H13N5OS/c24-17-16(20-21-18-19-11-12-25-18)15(13-7-3-1-4-8-13)22-23(17)14-9-5-2-6-10-14/h1-12H,(H,19,21)/b20-16-. The first-order chi connectivity index (χ1) is 12.3. The van der Waals surface area contributed by atoms with E-state index in [-0.39, 0.29) is 11.6 Å². The molecule has 0 unspecified atom stereocenters. The van der Waals surface area contributed by atoms with Gasteiger partial charge in [-0.05, 0) is 12.1 Å². The summed E-state index contributed by atoms with van der Waals surface area (Å²) >= 11 is 1.41. The van der Waals surface area contributed by atoms with Gasteiger partial charge in [0.05, 0.1) is 5.69 Å². The van der Waals surface area contributed by atoms with E-state index < -0.39 is 0 Å². The summed E-state index contributed by atoms with van der Waals surface area (Å²) in [6.45, 7) is 0. The quantitative estimate of drug-likeness (QED) is 0.736. The number of aromatic nitrogens is 1. The molecule has 0 aliphatic carbocycles. The van der Waals surface area contributed by atoms with Crippen LogP contribution in [0.1, 0.15) is 5.56 Å². The minimum absolute atomic E-state index is 0.255. The zero-order valence-corrected chi connectivity index (χ0v) is 13.9. The van der Waals surface area contributed by atoms with Gasteiger partial charge >= 0.3 is 5.91 Å². The largest absolute Gasteiger partial charge is 0.301 e. The Balaban J connectivity index is 1.74. The summed E-state index contributed by atoms with van der Waals surface area (Å²) in [4.78, 5) is 17.0. The lowest BCUT2D eigenvalue weighted by Crippen LogP contribution is -2.28. The molecule has 7 heteroatoms. The third kappa shape index (κ3) is 3.05. The lowest BCUT2D eigenvalue weighted by molar-refractivity contribution is -0.112. The van der Waals surface area contributed by atoms with Crippen molar-refractivity contribution in [1.82, 2.24) is 4.98 Å². The van der Waals surface area contributed by atoms with Crippen molar-refractivity contribution < 1.29 is 4.79 Å². The van der Waals surface area contributed by atoms with E-state index in [9.17, 15) is 4.79 Å². The molecule has 4 rings (SSSR count). The summed E-state index contributed by atoms with van der Waals surface area (Å²) in [5, 5.41) is 12.6. The van der Waals surface area contributed by atoms with Crippen LogP contribution in [-0.4, -0.2) is 22.3 Å². The molecule has 0 bridgehead atoms. The number of nitrogens with one attached hydrogen (secondary N) is 1. The van der Waals surface area contributed by atoms with Crippen molar-refractivity contribution in [2.75, 3.05) is 10.4 Å². The van der Waals surface area contributed by atoms with Gasteiger partial charge in [-0.2, -0.15) is 15.2 Å². The van der Waals surface area contributed by atoms with E-state index in [1.807, 2.05) is 66.0 Å². The van der Waals surface area contributed by atoms with Crippen molar-refractivity contribution in [3.05, 3.63) is 77.8 Å². The zero-order chi connectivity index (χ0) is 17.1. The number of carbonyl (C=O) groups is 1. The second-order valence-electron chi connectivity index (χ2n) is 5.18. The smallest absolute Gasteiger partial charge is 0.265 e. The molecule has 1 aliphatic rings. The maximum absolute atomic E-state index is 12.9. The van der Waals surface area contributed by atoms with Crippen LogP contribution in [0.5, 0.6) is 0 Å². The predicted octanol–water partition coefficient (Wildman–Crippen LogP) is 3.36. The average Bonchev–Trinajstić information content (AvgIpc) is 3.29. The van der Waals surface area contributed by atoms with E-state index >= 15 is 0 Å². The van der Waals surface area contributed by atoms with Crippen LogP contribution >= 0.6 is 11.3 Å². The van der Waals surface area contributed by atoms with Crippen LogP contribution in [0, 0.1) is 0 Å². The van der Waals surface area contributed by atoms with Crippen LogP contribution in [0.3, 0.4) is 0 Å². The molecule has 0 atom stereocenters. The highest BCUT2D eigenvalue weighted by molar-refractivity contribution is 7.13. The Morgan fingerprint density at radius 1 is 1.00 bits per heavy atom. The Morgan fingerprint density at radius 3 is 2.40 bits per heavy atom. The molecular formula is C18H13N5OS. The maximum atomic E-state index is 12.9. The van der Waals surface area contributed by atoms with Crippen molar-refractivity contribution in [2.45, 2.75) is 0 Å². The van der Waals surface area contributed by atoms with Gasteiger partial charge in [-0.15, -0.1) is 11.3 Å². The number of benzene rings is 2.